The van der Waals surface area contributed by atoms with Crippen LogP contribution in [0.5, 0.6) is 5.75 Å². The number of carbonyl (C=O) groups is 1. The molecule has 4 rings (SSSR count). The summed E-state index contributed by atoms with van der Waals surface area (Å²) in [5.74, 6) is 0.0510. The van der Waals surface area contributed by atoms with Crippen molar-refractivity contribution in [2.45, 2.75) is 50.7 Å². The highest BCUT2D eigenvalue weighted by Gasteiger charge is 2.52. The van der Waals surface area contributed by atoms with Gasteiger partial charge in [0.05, 0.1) is 24.0 Å². The van der Waals surface area contributed by atoms with Crippen LogP contribution in [0.2, 0.25) is 0 Å². The maximum Gasteiger partial charge on any atom is 0.494 e. The number of amides is 1. The Balaban J connectivity index is 1.42. The Hall–Kier alpha value is -3.54. The zero-order chi connectivity index (χ0) is 29.1. The molecule has 0 unspecified atom stereocenters. The van der Waals surface area contributed by atoms with E-state index >= 15 is 0 Å². The van der Waals surface area contributed by atoms with E-state index in [-0.39, 0.29) is 16.6 Å². The number of methoxy groups -OCH3 is 1. The Kier molecular flexibility index (Phi) is 8.48. The zero-order valence-corrected chi connectivity index (χ0v) is 24.5. The van der Waals surface area contributed by atoms with Crippen molar-refractivity contribution in [3.05, 3.63) is 77.9 Å². The van der Waals surface area contributed by atoms with Crippen LogP contribution in [0.15, 0.2) is 71.6 Å². The number of nitrogens with one attached hydrogen (secondary N) is 3. The summed E-state index contributed by atoms with van der Waals surface area (Å²) in [7, 11) is -3.32. The van der Waals surface area contributed by atoms with Crippen LogP contribution >= 0.6 is 0 Å². The molecular formula is C29H36BN3O6S. The lowest BCUT2D eigenvalue weighted by Crippen LogP contribution is -2.41. The lowest BCUT2D eigenvalue weighted by Gasteiger charge is -2.32. The first kappa shape index (κ1) is 29.4. The molecule has 0 saturated carbocycles. The van der Waals surface area contributed by atoms with Crippen molar-refractivity contribution in [3.8, 4) is 5.75 Å². The van der Waals surface area contributed by atoms with Crippen LogP contribution in [-0.4, -0.2) is 52.8 Å². The number of hydrogen-bond acceptors (Lipinski definition) is 7. The van der Waals surface area contributed by atoms with Crippen LogP contribution < -0.4 is 25.6 Å². The predicted molar refractivity (Wildman–Crippen MR) is 158 cm³/mol. The van der Waals surface area contributed by atoms with Gasteiger partial charge in [-0.2, -0.15) is 0 Å². The minimum atomic E-state index is -4.02. The van der Waals surface area contributed by atoms with Crippen molar-refractivity contribution >= 4 is 39.9 Å². The topological polar surface area (TPSA) is 115 Å². The Bertz CT molecular complexity index is 1480. The van der Waals surface area contributed by atoms with E-state index < -0.39 is 28.3 Å². The second kappa shape index (κ2) is 11.5. The van der Waals surface area contributed by atoms with E-state index in [1.807, 2.05) is 58.9 Å². The third kappa shape index (κ3) is 6.60. The molecule has 0 bridgehead atoms. The van der Waals surface area contributed by atoms with Crippen molar-refractivity contribution in [3.63, 3.8) is 0 Å². The average Bonchev–Trinajstić information content (AvgIpc) is 3.12. The lowest BCUT2D eigenvalue weighted by molar-refractivity contribution is 0.00578. The smallest absolute Gasteiger partial charge is 0.494 e. The lowest BCUT2D eigenvalue weighted by atomic mass is 9.79. The molecule has 3 N–H and O–H groups in total. The van der Waals surface area contributed by atoms with Crippen molar-refractivity contribution < 1.29 is 27.3 Å². The summed E-state index contributed by atoms with van der Waals surface area (Å²) in [4.78, 5) is 12.3. The highest BCUT2D eigenvalue weighted by Crippen LogP contribution is 2.37. The third-order valence-electron chi connectivity index (χ3n) is 7.14. The van der Waals surface area contributed by atoms with Crippen LogP contribution in [0.1, 0.15) is 43.6 Å². The van der Waals surface area contributed by atoms with Crippen LogP contribution in [0, 0.1) is 6.92 Å². The van der Waals surface area contributed by atoms with Gasteiger partial charge in [-0.05, 0) is 82.5 Å². The number of sulfonamides is 1. The van der Waals surface area contributed by atoms with Gasteiger partial charge < -0.3 is 24.7 Å². The van der Waals surface area contributed by atoms with Crippen molar-refractivity contribution in [1.82, 2.24) is 5.32 Å². The fraction of sp³-hybridized carbons (Fsp3) is 0.345. The van der Waals surface area contributed by atoms with Crippen molar-refractivity contribution in [2.24, 2.45) is 0 Å². The second-order valence-electron chi connectivity index (χ2n) is 10.7. The molecule has 1 aliphatic heterocycles. The van der Waals surface area contributed by atoms with E-state index in [1.54, 1.807) is 36.4 Å². The number of carbonyl (C=O) groups excluding carboxylic acids is 1. The van der Waals surface area contributed by atoms with Crippen LogP contribution in [-0.2, 0) is 19.3 Å². The summed E-state index contributed by atoms with van der Waals surface area (Å²) in [6.07, 6.45) is 0. The maximum atomic E-state index is 13.5. The predicted octanol–water partition coefficient (Wildman–Crippen LogP) is 3.95. The summed E-state index contributed by atoms with van der Waals surface area (Å²) in [6.45, 7) is 10.5. The van der Waals surface area contributed by atoms with E-state index in [9.17, 15) is 13.2 Å². The van der Waals surface area contributed by atoms with Gasteiger partial charge in [0.25, 0.3) is 15.9 Å². The van der Waals surface area contributed by atoms with E-state index in [0.717, 1.165) is 5.56 Å². The van der Waals surface area contributed by atoms with Gasteiger partial charge in [0.15, 0.2) is 0 Å². The number of benzene rings is 3. The Morgan fingerprint density at radius 3 is 2.25 bits per heavy atom. The summed E-state index contributed by atoms with van der Waals surface area (Å²) < 4.78 is 47.1. The molecule has 1 heterocycles. The highest BCUT2D eigenvalue weighted by atomic mass is 32.2. The van der Waals surface area contributed by atoms with Gasteiger partial charge in [-0.3, -0.25) is 9.52 Å². The monoisotopic (exact) mass is 565 g/mol. The van der Waals surface area contributed by atoms with Gasteiger partial charge in [0.2, 0.25) is 0 Å². The molecule has 40 heavy (non-hydrogen) atoms. The summed E-state index contributed by atoms with van der Waals surface area (Å²) >= 11 is 0. The van der Waals surface area contributed by atoms with Gasteiger partial charge in [-0.1, -0.05) is 29.8 Å². The first-order valence-electron chi connectivity index (χ1n) is 13.1. The van der Waals surface area contributed by atoms with E-state index in [1.165, 1.54) is 13.2 Å². The quantitative estimate of drug-likeness (QED) is 0.252. The van der Waals surface area contributed by atoms with Crippen LogP contribution in [0.25, 0.3) is 0 Å². The Morgan fingerprint density at radius 1 is 0.900 bits per heavy atom. The van der Waals surface area contributed by atoms with Crippen molar-refractivity contribution in [1.29, 1.82) is 0 Å². The second-order valence-corrected chi connectivity index (χ2v) is 12.4. The number of ether oxygens (including phenoxy) is 1. The first-order chi connectivity index (χ1) is 18.8. The zero-order valence-electron chi connectivity index (χ0n) is 23.7. The van der Waals surface area contributed by atoms with Gasteiger partial charge in [-0.25, -0.2) is 8.42 Å². The molecule has 1 amide bonds. The molecule has 212 valence electrons. The Morgan fingerprint density at radius 2 is 1.57 bits per heavy atom. The molecule has 9 nitrogen and oxygen atoms in total. The van der Waals surface area contributed by atoms with Gasteiger partial charge in [0.1, 0.15) is 10.6 Å². The van der Waals surface area contributed by atoms with Crippen LogP contribution in [0.4, 0.5) is 11.4 Å². The van der Waals surface area contributed by atoms with Crippen molar-refractivity contribution in [2.75, 3.05) is 30.2 Å². The molecule has 3 aromatic carbocycles. The molecule has 1 saturated heterocycles. The summed E-state index contributed by atoms with van der Waals surface area (Å²) in [6, 6.07) is 19.1. The minimum absolute atomic E-state index is 0.0283. The highest BCUT2D eigenvalue weighted by molar-refractivity contribution is 7.92. The molecule has 0 aromatic heterocycles. The van der Waals surface area contributed by atoms with Gasteiger partial charge in [0, 0.05) is 24.3 Å². The standard InChI is InChI=1S/C29H36BN3O6S/c1-20-9-7-10-21(17-20)27(34)32-16-15-31-23-11-8-12-24(19-23)33-40(35,36)26-18-22(13-14-25(26)37-6)30-38-28(2,3)29(4,5)39-30/h7-14,17-19,31,33H,15-16H2,1-6H3,(H,32,34). The molecule has 0 radical (unpaired) electrons. The molecule has 3 aromatic rings. The molecule has 0 atom stereocenters. The largest absolute Gasteiger partial charge is 0.495 e. The molecule has 0 aliphatic carbocycles. The first-order valence-corrected chi connectivity index (χ1v) is 14.5. The third-order valence-corrected chi connectivity index (χ3v) is 8.54. The normalized spacial score (nSPS) is 15.9. The van der Waals surface area contributed by atoms with E-state index in [0.29, 0.717) is 35.5 Å². The summed E-state index contributed by atoms with van der Waals surface area (Å²) in [5, 5.41) is 6.08. The summed E-state index contributed by atoms with van der Waals surface area (Å²) in [5.41, 5.74) is 2.14. The average molecular weight is 566 g/mol. The van der Waals surface area contributed by atoms with E-state index in [4.69, 9.17) is 14.0 Å². The number of rotatable bonds is 10. The number of aryl methyl sites for hydroxylation is 1. The maximum absolute atomic E-state index is 13.5. The fourth-order valence-corrected chi connectivity index (χ4v) is 5.46. The number of hydrogen-bond donors (Lipinski definition) is 3. The number of anilines is 2. The van der Waals surface area contributed by atoms with Crippen LogP contribution in [0.3, 0.4) is 0 Å². The van der Waals surface area contributed by atoms with Gasteiger partial charge >= 0.3 is 7.12 Å². The fourth-order valence-electron chi connectivity index (χ4n) is 4.20. The molecule has 0 spiro atoms. The molecule has 11 heteroatoms. The minimum Gasteiger partial charge on any atom is -0.495 e. The molecular weight excluding hydrogens is 529 g/mol. The van der Waals surface area contributed by atoms with Gasteiger partial charge in [-0.15, -0.1) is 0 Å². The Labute approximate surface area is 236 Å². The van der Waals surface area contributed by atoms with E-state index in [2.05, 4.69) is 15.4 Å². The SMILES string of the molecule is COc1ccc(B2OC(C)(C)C(C)(C)O2)cc1S(=O)(=O)Nc1cccc(NCCNC(=O)c2cccc(C)c2)c1. The molecule has 1 fully saturated rings. The molecule has 1 aliphatic rings.